The SMILES string of the molecule is COc1cc(CO[Si](C)(C)C(C)(C)C)cc(OCc2ccccc2)c1OC. The Morgan fingerprint density at radius 3 is 2.00 bits per heavy atom. The molecule has 5 heteroatoms. The summed E-state index contributed by atoms with van der Waals surface area (Å²) in [6.07, 6.45) is 0. The molecule has 0 aromatic heterocycles. The van der Waals surface area contributed by atoms with Crippen LogP contribution in [0.1, 0.15) is 31.9 Å². The largest absolute Gasteiger partial charge is 0.493 e. The Bertz CT molecular complexity index is 736. The van der Waals surface area contributed by atoms with Crippen LogP contribution in [0.3, 0.4) is 0 Å². The second-order valence-electron chi connectivity index (χ2n) is 8.15. The van der Waals surface area contributed by atoms with Crippen molar-refractivity contribution in [3.8, 4) is 17.2 Å². The molecule has 0 saturated carbocycles. The van der Waals surface area contributed by atoms with E-state index in [1.54, 1.807) is 14.2 Å². The van der Waals surface area contributed by atoms with Gasteiger partial charge in [0.1, 0.15) is 6.61 Å². The third kappa shape index (κ3) is 5.50. The van der Waals surface area contributed by atoms with Crippen molar-refractivity contribution >= 4 is 8.32 Å². The second-order valence-corrected chi connectivity index (χ2v) is 13.0. The van der Waals surface area contributed by atoms with Gasteiger partial charge >= 0.3 is 0 Å². The van der Waals surface area contributed by atoms with Gasteiger partial charge in [0.05, 0.1) is 20.8 Å². The highest BCUT2D eigenvalue weighted by Crippen LogP contribution is 2.41. The van der Waals surface area contributed by atoms with Crippen LogP contribution in [0.15, 0.2) is 42.5 Å². The average Bonchev–Trinajstić information content (AvgIpc) is 2.64. The first-order valence-corrected chi connectivity index (χ1v) is 12.1. The maximum Gasteiger partial charge on any atom is 0.203 e. The van der Waals surface area contributed by atoms with Crippen molar-refractivity contribution in [2.24, 2.45) is 0 Å². The lowest BCUT2D eigenvalue weighted by Gasteiger charge is -2.36. The molecule has 0 radical (unpaired) electrons. The van der Waals surface area contributed by atoms with Crippen LogP contribution in [0.4, 0.5) is 0 Å². The summed E-state index contributed by atoms with van der Waals surface area (Å²) in [7, 11) is 1.42. The number of hydrogen-bond acceptors (Lipinski definition) is 4. The molecule has 2 aromatic carbocycles. The molecule has 0 amide bonds. The highest BCUT2D eigenvalue weighted by atomic mass is 28.4. The van der Waals surface area contributed by atoms with Gasteiger partial charge in [-0.2, -0.15) is 0 Å². The van der Waals surface area contributed by atoms with Gasteiger partial charge in [0.2, 0.25) is 5.75 Å². The Morgan fingerprint density at radius 2 is 1.44 bits per heavy atom. The summed E-state index contributed by atoms with van der Waals surface area (Å²) in [5, 5.41) is 0.163. The Kier molecular flexibility index (Phi) is 6.95. The van der Waals surface area contributed by atoms with E-state index in [0.717, 1.165) is 11.1 Å². The number of rotatable bonds is 8. The Hall–Kier alpha value is -1.98. The molecule has 0 atom stereocenters. The van der Waals surface area contributed by atoms with E-state index in [1.165, 1.54) is 0 Å². The fraction of sp³-hybridized carbons (Fsp3) is 0.455. The third-order valence-electron chi connectivity index (χ3n) is 5.15. The summed E-state index contributed by atoms with van der Waals surface area (Å²) in [6, 6.07) is 14.0. The molecule has 0 aliphatic heterocycles. The predicted octanol–water partition coefficient (Wildman–Crippen LogP) is 5.80. The van der Waals surface area contributed by atoms with Crippen molar-refractivity contribution in [3.63, 3.8) is 0 Å². The molecule has 0 aliphatic carbocycles. The standard InChI is InChI=1S/C22H32O4Si/c1-22(2,3)27(6,7)26-16-18-13-19(23-4)21(24-5)20(14-18)25-15-17-11-9-8-10-12-17/h8-14H,15-16H2,1-7H3. The van der Waals surface area contributed by atoms with E-state index < -0.39 is 8.32 Å². The maximum atomic E-state index is 6.36. The molecule has 0 N–H and O–H groups in total. The molecule has 0 unspecified atom stereocenters. The van der Waals surface area contributed by atoms with Crippen LogP contribution in [0.2, 0.25) is 18.1 Å². The molecule has 0 spiro atoms. The van der Waals surface area contributed by atoms with Crippen molar-refractivity contribution in [1.82, 2.24) is 0 Å². The van der Waals surface area contributed by atoms with E-state index in [4.69, 9.17) is 18.6 Å². The maximum absolute atomic E-state index is 6.36. The van der Waals surface area contributed by atoms with Gasteiger partial charge in [-0.05, 0) is 41.4 Å². The second kappa shape index (κ2) is 8.80. The van der Waals surface area contributed by atoms with E-state index in [0.29, 0.717) is 30.5 Å². The molecule has 27 heavy (non-hydrogen) atoms. The lowest BCUT2D eigenvalue weighted by atomic mass is 10.2. The van der Waals surface area contributed by atoms with Crippen molar-refractivity contribution in [3.05, 3.63) is 53.6 Å². The topological polar surface area (TPSA) is 36.9 Å². The molecule has 0 saturated heterocycles. The number of benzene rings is 2. The zero-order valence-corrected chi connectivity index (χ0v) is 18.6. The van der Waals surface area contributed by atoms with Crippen molar-refractivity contribution in [2.45, 2.75) is 52.1 Å². The van der Waals surface area contributed by atoms with Gasteiger partial charge in [-0.25, -0.2) is 0 Å². The molecular weight excluding hydrogens is 356 g/mol. The molecule has 2 rings (SSSR count). The third-order valence-corrected chi connectivity index (χ3v) is 9.63. The fourth-order valence-corrected chi connectivity index (χ4v) is 3.35. The summed E-state index contributed by atoms with van der Waals surface area (Å²) >= 11 is 0. The lowest BCUT2D eigenvalue weighted by Crippen LogP contribution is -2.40. The average molecular weight is 389 g/mol. The Labute approximate surface area is 164 Å². The normalized spacial score (nSPS) is 12.0. The number of methoxy groups -OCH3 is 2. The predicted molar refractivity (Wildman–Crippen MR) is 112 cm³/mol. The van der Waals surface area contributed by atoms with Crippen LogP contribution in [0.25, 0.3) is 0 Å². The number of ether oxygens (including phenoxy) is 3. The summed E-state index contributed by atoms with van der Waals surface area (Å²) in [6.45, 7) is 12.2. The fourth-order valence-electron chi connectivity index (χ4n) is 2.39. The van der Waals surface area contributed by atoms with Crippen LogP contribution in [0.5, 0.6) is 17.2 Å². The zero-order valence-electron chi connectivity index (χ0n) is 17.6. The molecule has 148 valence electrons. The molecule has 0 fully saturated rings. The summed E-state index contributed by atoms with van der Waals surface area (Å²) in [4.78, 5) is 0. The van der Waals surface area contributed by atoms with E-state index >= 15 is 0 Å². The highest BCUT2D eigenvalue weighted by molar-refractivity contribution is 6.74. The Balaban J connectivity index is 2.23. The first kappa shape index (κ1) is 21.3. The van der Waals surface area contributed by atoms with E-state index in [-0.39, 0.29) is 5.04 Å². The Morgan fingerprint density at radius 1 is 0.815 bits per heavy atom. The molecule has 2 aromatic rings. The lowest BCUT2D eigenvalue weighted by molar-refractivity contribution is 0.263. The van der Waals surface area contributed by atoms with Gasteiger partial charge in [0, 0.05) is 0 Å². The van der Waals surface area contributed by atoms with Crippen LogP contribution >= 0.6 is 0 Å². The van der Waals surface area contributed by atoms with Gasteiger partial charge < -0.3 is 18.6 Å². The minimum Gasteiger partial charge on any atom is -0.493 e. The zero-order chi connectivity index (χ0) is 20.1. The molecule has 4 nitrogen and oxygen atoms in total. The van der Waals surface area contributed by atoms with E-state index in [1.807, 2.05) is 42.5 Å². The first-order valence-electron chi connectivity index (χ1n) is 9.23. The van der Waals surface area contributed by atoms with E-state index in [2.05, 4.69) is 33.9 Å². The van der Waals surface area contributed by atoms with Crippen LogP contribution < -0.4 is 14.2 Å². The quantitative estimate of drug-likeness (QED) is 0.535. The minimum absolute atomic E-state index is 0.163. The van der Waals surface area contributed by atoms with Crippen LogP contribution in [0, 0.1) is 0 Å². The molecule has 0 aliphatic rings. The van der Waals surface area contributed by atoms with Gasteiger partial charge in [-0.15, -0.1) is 0 Å². The highest BCUT2D eigenvalue weighted by Gasteiger charge is 2.37. The molecule has 0 heterocycles. The molecular formula is C22H32O4Si. The van der Waals surface area contributed by atoms with Crippen LogP contribution in [-0.4, -0.2) is 22.5 Å². The summed E-state index contributed by atoms with van der Waals surface area (Å²) in [5.41, 5.74) is 2.11. The number of hydrogen-bond donors (Lipinski definition) is 0. The van der Waals surface area contributed by atoms with Crippen molar-refractivity contribution in [1.29, 1.82) is 0 Å². The summed E-state index contributed by atoms with van der Waals surface area (Å²) < 4.78 is 23.5. The van der Waals surface area contributed by atoms with E-state index in [9.17, 15) is 0 Å². The summed E-state index contributed by atoms with van der Waals surface area (Å²) in [5.74, 6) is 1.91. The van der Waals surface area contributed by atoms with Crippen LogP contribution in [-0.2, 0) is 17.6 Å². The minimum atomic E-state index is -1.84. The van der Waals surface area contributed by atoms with Crippen molar-refractivity contribution < 1.29 is 18.6 Å². The van der Waals surface area contributed by atoms with Gasteiger partial charge in [-0.1, -0.05) is 51.1 Å². The van der Waals surface area contributed by atoms with Crippen molar-refractivity contribution in [2.75, 3.05) is 14.2 Å². The first-order chi connectivity index (χ1) is 12.7. The van der Waals surface area contributed by atoms with Gasteiger partial charge in [0.15, 0.2) is 19.8 Å². The monoisotopic (exact) mass is 388 g/mol. The van der Waals surface area contributed by atoms with Gasteiger partial charge in [-0.3, -0.25) is 0 Å². The molecule has 0 bridgehead atoms. The smallest absolute Gasteiger partial charge is 0.203 e. The van der Waals surface area contributed by atoms with Gasteiger partial charge in [0.25, 0.3) is 0 Å².